The Morgan fingerprint density at radius 2 is 1.02 bits per heavy atom. The van der Waals surface area contributed by atoms with Gasteiger partial charge in [-0.2, -0.15) is 0 Å². The Morgan fingerprint density at radius 3 is 1.40 bits per heavy atom. The number of carbonyl (C=O) groups excluding carboxylic acids is 3. The fourth-order valence-electron chi connectivity index (χ4n) is 4.20. The van der Waals surface area contributed by atoms with Gasteiger partial charge in [-0.25, -0.2) is 0 Å². The van der Waals surface area contributed by atoms with E-state index in [1.54, 1.807) is 11.9 Å². The van der Waals surface area contributed by atoms with E-state index in [1.165, 1.54) is 0 Å². The van der Waals surface area contributed by atoms with Crippen LogP contribution in [0.4, 0.5) is 0 Å². The van der Waals surface area contributed by atoms with E-state index in [2.05, 4.69) is 42.2 Å². The number of nitrogens with zero attached hydrogens (tertiary/aromatic N) is 1. The molecule has 0 aliphatic rings. The summed E-state index contributed by atoms with van der Waals surface area (Å²) in [6.07, 6.45) is 6.83. The van der Waals surface area contributed by atoms with E-state index >= 15 is 0 Å². The predicted octanol–water partition coefficient (Wildman–Crippen LogP) is -3.20. The van der Waals surface area contributed by atoms with Crippen molar-refractivity contribution in [2.75, 3.05) is 59.9 Å². The van der Waals surface area contributed by atoms with Crippen molar-refractivity contribution in [1.29, 1.82) is 0 Å². The zero-order chi connectivity index (χ0) is 30.0. The highest BCUT2D eigenvalue weighted by Crippen LogP contribution is 2.06. The summed E-state index contributed by atoms with van der Waals surface area (Å²) in [5, 5.41) is 22.2. The van der Waals surface area contributed by atoms with E-state index < -0.39 is 12.1 Å². The highest BCUT2D eigenvalue weighted by Gasteiger charge is 2.24. The molecule has 0 bridgehead atoms. The fourth-order valence-corrected chi connectivity index (χ4v) is 4.20. The van der Waals surface area contributed by atoms with Crippen LogP contribution < -0.4 is 42.2 Å². The van der Waals surface area contributed by atoms with E-state index in [1.807, 2.05) is 7.05 Å². The van der Waals surface area contributed by atoms with Crippen molar-refractivity contribution >= 4 is 49.6 Å². The fraction of sp³-hybridized carbons (Fsp3) is 0.875. The summed E-state index contributed by atoms with van der Waals surface area (Å²) in [7, 11) is 25.4. The van der Waals surface area contributed by atoms with Crippen molar-refractivity contribution in [3.05, 3.63) is 0 Å². The molecule has 3 atom stereocenters. The summed E-state index contributed by atoms with van der Waals surface area (Å²) < 4.78 is 0. The third-order valence-electron chi connectivity index (χ3n) is 6.65. The molecule has 40 heavy (non-hydrogen) atoms. The molecule has 3 amide bonds. The first-order valence-electron chi connectivity index (χ1n) is 14.3. The van der Waals surface area contributed by atoms with E-state index in [0.717, 1.165) is 45.1 Å². The monoisotopic (exact) mass is 555 g/mol. The lowest BCUT2D eigenvalue weighted by molar-refractivity contribution is -0.134. The average Bonchev–Trinajstić information content (AvgIpc) is 2.96. The minimum atomic E-state index is -0.542. The Morgan fingerprint density at radius 1 is 0.600 bits per heavy atom. The van der Waals surface area contributed by atoms with E-state index in [0.29, 0.717) is 32.4 Å². The number of nitrogens with one attached hydrogen (secondary N) is 8. The summed E-state index contributed by atoms with van der Waals surface area (Å²) in [6.45, 7) is 3.26. The normalized spacial score (nSPS) is 13.3. The van der Waals surface area contributed by atoms with E-state index in [4.69, 9.17) is 31.9 Å². The molecule has 0 spiro atoms. The quantitative estimate of drug-likeness (QED) is 0.0388. The Hall–Kier alpha value is -1.57. The Labute approximate surface area is 246 Å². The van der Waals surface area contributed by atoms with Crippen LogP contribution in [0.15, 0.2) is 0 Å². The molecule has 8 radical (unpaired) electrons. The summed E-state index contributed by atoms with van der Waals surface area (Å²) >= 11 is 0. The van der Waals surface area contributed by atoms with Crippen LogP contribution in [0, 0.1) is 0 Å². The number of rotatable bonds is 27. The lowest BCUT2D eigenvalue weighted by Crippen LogP contribution is -2.52. The molecule has 0 saturated heterocycles. The van der Waals surface area contributed by atoms with Gasteiger partial charge in [-0.1, -0.05) is 19.3 Å². The smallest absolute Gasteiger partial charge is 0.239 e. The van der Waals surface area contributed by atoms with Crippen LogP contribution in [0.3, 0.4) is 0 Å². The van der Waals surface area contributed by atoms with Gasteiger partial charge in [0.2, 0.25) is 17.7 Å². The van der Waals surface area contributed by atoms with Gasteiger partial charge in [0.25, 0.3) is 0 Å². The molecule has 0 aliphatic heterocycles. The van der Waals surface area contributed by atoms with E-state index in [9.17, 15) is 14.4 Å². The summed E-state index contributed by atoms with van der Waals surface area (Å²) in [6, 6.07) is -1.45. The summed E-state index contributed by atoms with van der Waals surface area (Å²) in [5.41, 5.74) is 0. The molecule has 0 aliphatic carbocycles. The second-order valence-electron chi connectivity index (χ2n) is 9.69. The first-order chi connectivity index (χ1) is 19.4. The lowest BCUT2D eigenvalue weighted by Gasteiger charge is -2.28. The molecule has 3 unspecified atom stereocenters. The number of unbranched alkanes of at least 4 members (excludes halogenated alkanes) is 3. The van der Waals surface area contributed by atoms with Crippen molar-refractivity contribution in [2.45, 2.75) is 75.9 Å². The Balaban J connectivity index is 5.05. The molecular formula is C24H49B4N9O3. The number of hydrogen-bond donors (Lipinski definition) is 8. The minimum absolute atomic E-state index is 0.0824. The third-order valence-corrected chi connectivity index (χ3v) is 6.65. The van der Waals surface area contributed by atoms with Crippen molar-refractivity contribution in [1.82, 2.24) is 47.1 Å². The van der Waals surface area contributed by atoms with Crippen LogP contribution in [0.5, 0.6) is 0 Å². The van der Waals surface area contributed by atoms with Crippen molar-refractivity contribution < 1.29 is 14.4 Å². The lowest BCUT2D eigenvalue weighted by atomic mass is 10.1. The molecule has 0 fully saturated rings. The first kappa shape index (κ1) is 38.4. The molecule has 8 N–H and O–H groups in total. The highest BCUT2D eigenvalue weighted by molar-refractivity contribution is 6.07. The highest BCUT2D eigenvalue weighted by atomic mass is 16.2. The number of likely N-dealkylation sites (N-methyl/N-ethyl adjacent to an activating group) is 1. The van der Waals surface area contributed by atoms with Gasteiger partial charge in [0.15, 0.2) is 31.9 Å². The van der Waals surface area contributed by atoms with Crippen molar-refractivity contribution in [3.63, 3.8) is 0 Å². The van der Waals surface area contributed by atoms with Gasteiger partial charge in [0, 0.05) is 26.2 Å². The molecule has 0 aromatic heterocycles. The summed E-state index contributed by atoms with van der Waals surface area (Å²) in [4.78, 5) is 40.3. The van der Waals surface area contributed by atoms with Crippen LogP contribution in [-0.4, -0.2) is 133 Å². The van der Waals surface area contributed by atoms with Gasteiger partial charge in [0.05, 0.1) is 18.1 Å². The zero-order valence-electron chi connectivity index (χ0n) is 24.5. The van der Waals surface area contributed by atoms with Gasteiger partial charge in [0.1, 0.15) is 0 Å². The van der Waals surface area contributed by atoms with Gasteiger partial charge in [-0.15, -0.1) is 0 Å². The maximum absolute atomic E-state index is 13.4. The molecule has 0 aromatic rings. The van der Waals surface area contributed by atoms with Crippen LogP contribution in [0.25, 0.3) is 0 Å². The maximum Gasteiger partial charge on any atom is 0.239 e. The standard InChI is InChI=1S/C24H49B4N9O3/c1-29-12-6-3-11-21(30-2)24(40)37(17-15-31-22(38)19(35-27)9-4-7-13-33-25)18-16-32-23(39)20(36-28)10-5-8-14-34-26/h19-21,29-30,33-36H,3-18H2,1-2H3,(H,31,38)(H,32,39). The molecule has 0 aromatic carbocycles. The van der Waals surface area contributed by atoms with Gasteiger partial charge < -0.3 is 47.1 Å². The van der Waals surface area contributed by atoms with E-state index in [-0.39, 0.29) is 49.9 Å². The zero-order valence-corrected chi connectivity index (χ0v) is 24.5. The second-order valence-corrected chi connectivity index (χ2v) is 9.69. The molecular weight excluding hydrogens is 506 g/mol. The van der Waals surface area contributed by atoms with Crippen LogP contribution >= 0.6 is 0 Å². The number of hydrogen-bond acceptors (Lipinski definition) is 9. The SMILES string of the molecule is [B]NCCCCC(N[B])C(=O)NCCN(CCNC(=O)C(CCCCN[B])N[B])C(=O)C(CCCCNC)NC. The molecule has 16 heteroatoms. The minimum Gasteiger partial charge on any atom is -0.366 e. The average molecular weight is 555 g/mol. The Kier molecular flexibility index (Phi) is 25.3. The first-order valence-corrected chi connectivity index (χ1v) is 14.3. The molecule has 220 valence electrons. The molecule has 0 rings (SSSR count). The predicted molar refractivity (Wildman–Crippen MR) is 164 cm³/mol. The Bertz CT molecular complexity index is 633. The second kappa shape index (κ2) is 26.3. The molecule has 0 heterocycles. The van der Waals surface area contributed by atoms with Crippen LogP contribution in [0.1, 0.15) is 57.8 Å². The topological polar surface area (TPSA) is 151 Å². The maximum atomic E-state index is 13.4. The largest absolute Gasteiger partial charge is 0.366 e. The molecule has 12 nitrogen and oxygen atoms in total. The summed E-state index contributed by atoms with van der Waals surface area (Å²) in [5.74, 6) is -0.549. The third kappa shape index (κ3) is 18.0. The van der Waals surface area contributed by atoms with Crippen molar-refractivity contribution in [3.8, 4) is 0 Å². The van der Waals surface area contributed by atoms with Crippen molar-refractivity contribution in [2.24, 2.45) is 0 Å². The van der Waals surface area contributed by atoms with Crippen LogP contribution in [-0.2, 0) is 14.4 Å². The molecule has 0 saturated carbocycles. The number of carbonyl (C=O) groups is 3. The van der Waals surface area contributed by atoms with Gasteiger partial charge in [-0.05, 0) is 72.3 Å². The van der Waals surface area contributed by atoms with Crippen LogP contribution in [0.2, 0.25) is 0 Å². The van der Waals surface area contributed by atoms with Gasteiger partial charge >= 0.3 is 0 Å². The number of amides is 3. The van der Waals surface area contributed by atoms with Gasteiger partial charge in [-0.3, -0.25) is 14.4 Å².